The topological polar surface area (TPSA) is 47.8 Å². The Morgan fingerprint density at radius 1 is 1.46 bits per heavy atom. The summed E-state index contributed by atoms with van der Waals surface area (Å²) in [5, 5.41) is 0.357. The molecular weight excluding hydrogens is 190 g/mol. The predicted molar refractivity (Wildman–Crippen MR) is 49.8 cm³/mol. The maximum atomic E-state index is 11.2. The number of halogens is 1. The predicted octanol–water partition coefficient (Wildman–Crippen LogP) is 0.982. The Hall–Kier alpha value is -1.42. The van der Waals surface area contributed by atoms with Gasteiger partial charge in [-0.3, -0.25) is 9.36 Å². The largest absolute Gasteiger partial charge is 0.293 e. The molecular formula is C8H6ClN3O. The van der Waals surface area contributed by atoms with Crippen LogP contribution in [-0.4, -0.2) is 14.5 Å². The first-order chi connectivity index (χ1) is 6.18. The van der Waals surface area contributed by atoms with Gasteiger partial charge in [0.05, 0.1) is 6.20 Å². The van der Waals surface area contributed by atoms with Crippen LogP contribution in [0, 0.1) is 0 Å². The molecule has 0 aromatic carbocycles. The van der Waals surface area contributed by atoms with Crippen LogP contribution in [0.2, 0.25) is 5.15 Å². The van der Waals surface area contributed by atoms with Crippen LogP contribution in [0.4, 0.5) is 0 Å². The zero-order chi connectivity index (χ0) is 9.42. The summed E-state index contributed by atoms with van der Waals surface area (Å²) in [5.41, 5.74) is 0.966. The Bertz CT molecular complexity index is 520. The van der Waals surface area contributed by atoms with Crippen molar-refractivity contribution in [3.8, 4) is 0 Å². The first-order valence-corrected chi connectivity index (χ1v) is 4.04. The van der Waals surface area contributed by atoms with Crippen molar-refractivity contribution in [2.75, 3.05) is 0 Å². The number of fused-ring (bicyclic) bond motifs is 1. The van der Waals surface area contributed by atoms with Crippen LogP contribution >= 0.6 is 11.6 Å². The molecule has 2 heterocycles. The molecule has 2 rings (SSSR count). The van der Waals surface area contributed by atoms with E-state index in [2.05, 4.69) is 9.97 Å². The molecule has 0 N–H and O–H groups in total. The third-order valence-corrected chi connectivity index (χ3v) is 1.99. The highest BCUT2D eigenvalue weighted by atomic mass is 35.5. The molecule has 0 saturated heterocycles. The number of aryl methyl sites for hydroxylation is 1. The summed E-state index contributed by atoms with van der Waals surface area (Å²) in [6.07, 6.45) is 1.26. The van der Waals surface area contributed by atoms with E-state index in [1.807, 2.05) is 0 Å². The minimum absolute atomic E-state index is 0.192. The Labute approximate surface area is 78.8 Å². The second-order valence-electron chi connectivity index (χ2n) is 2.63. The average Bonchev–Trinajstić information content (AvgIpc) is 2.12. The van der Waals surface area contributed by atoms with Gasteiger partial charge in [0, 0.05) is 7.05 Å². The Balaban J connectivity index is 2.97. The summed E-state index contributed by atoms with van der Waals surface area (Å²) in [6, 6.07) is 3.37. The summed E-state index contributed by atoms with van der Waals surface area (Å²) in [5.74, 6) is 0. The summed E-state index contributed by atoms with van der Waals surface area (Å²) in [6.45, 7) is 0. The van der Waals surface area contributed by atoms with Crippen molar-refractivity contribution in [1.29, 1.82) is 0 Å². The molecule has 0 fully saturated rings. The highest BCUT2D eigenvalue weighted by molar-refractivity contribution is 6.29. The van der Waals surface area contributed by atoms with Crippen LogP contribution in [0.25, 0.3) is 11.2 Å². The van der Waals surface area contributed by atoms with Gasteiger partial charge >= 0.3 is 0 Å². The van der Waals surface area contributed by atoms with Crippen LogP contribution in [0.15, 0.2) is 23.1 Å². The van der Waals surface area contributed by atoms with Crippen LogP contribution in [0.5, 0.6) is 0 Å². The van der Waals surface area contributed by atoms with E-state index in [4.69, 9.17) is 11.6 Å². The van der Waals surface area contributed by atoms with E-state index in [1.54, 1.807) is 19.2 Å². The maximum Gasteiger partial charge on any atom is 0.270 e. The maximum absolute atomic E-state index is 11.2. The quantitative estimate of drug-likeness (QED) is 0.589. The third kappa shape index (κ3) is 1.29. The molecule has 0 atom stereocenters. The Kier molecular flexibility index (Phi) is 1.77. The second-order valence-corrected chi connectivity index (χ2v) is 3.02. The van der Waals surface area contributed by atoms with Gasteiger partial charge in [-0.25, -0.2) is 9.97 Å². The number of pyridine rings is 1. The number of hydrogen-bond acceptors (Lipinski definition) is 3. The SMILES string of the molecule is Cn1c(=O)cnc2ccc(Cl)nc21. The smallest absolute Gasteiger partial charge is 0.270 e. The summed E-state index contributed by atoms with van der Waals surface area (Å²) in [7, 11) is 1.63. The van der Waals surface area contributed by atoms with Gasteiger partial charge in [0.2, 0.25) is 0 Å². The van der Waals surface area contributed by atoms with Gasteiger partial charge in [-0.1, -0.05) is 11.6 Å². The lowest BCUT2D eigenvalue weighted by Gasteiger charge is -2.01. The second kappa shape index (κ2) is 2.81. The first-order valence-electron chi connectivity index (χ1n) is 3.67. The molecule has 0 unspecified atom stereocenters. The van der Waals surface area contributed by atoms with Crippen molar-refractivity contribution in [2.24, 2.45) is 7.05 Å². The van der Waals surface area contributed by atoms with Crippen molar-refractivity contribution in [2.45, 2.75) is 0 Å². The lowest BCUT2D eigenvalue weighted by Crippen LogP contribution is -2.17. The van der Waals surface area contributed by atoms with Gasteiger partial charge < -0.3 is 0 Å². The normalized spacial score (nSPS) is 10.6. The van der Waals surface area contributed by atoms with Crippen molar-refractivity contribution in [3.63, 3.8) is 0 Å². The van der Waals surface area contributed by atoms with Gasteiger partial charge in [-0.2, -0.15) is 0 Å². The third-order valence-electron chi connectivity index (χ3n) is 1.78. The standard InChI is InChI=1S/C8H6ClN3O/c1-12-7(13)4-10-5-2-3-6(9)11-8(5)12/h2-4H,1H3. The molecule has 66 valence electrons. The van der Waals surface area contributed by atoms with E-state index in [1.165, 1.54) is 10.8 Å². The van der Waals surface area contributed by atoms with Crippen molar-refractivity contribution >= 4 is 22.8 Å². The van der Waals surface area contributed by atoms with Gasteiger partial charge in [-0.15, -0.1) is 0 Å². The molecule has 0 aliphatic rings. The van der Waals surface area contributed by atoms with Crippen molar-refractivity contribution < 1.29 is 0 Å². The monoisotopic (exact) mass is 195 g/mol. The van der Waals surface area contributed by atoms with Crippen molar-refractivity contribution in [3.05, 3.63) is 33.8 Å². The van der Waals surface area contributed by atoms with Crippen LogP contribution in [0.3, 0.4) is 0 Å². The number of aromatic nitrogens is 3. The van der Waals surface area contributed by atoms with Gasteiger partial charge in [0.15, 0.2) is 5.65 Å². The Morgan fingerprint density at radius 3 is 3.00 bits per heavy atom. The van der Waals surface area contributed by atoms with Gasteiger partial charge in [-0.05, 0) is 12.1 Å². The fourth-order valence-corrected chi connectivity index (χ4v) is 1.22. The van der Waals surface area contributed by atoms with E-state index in [-0.39, 0.29) is 5.56 Å². The molecule has 0 aliphatic heterocycles. The molecule has 0 radical (unpaired) electrons. The molecule has 13 heavy (non-hydrogen) atoms. The summed E-state index contributed by atoms with van der Waals surface area (Å²) < 4.78 is 1.41. The number of rotatable bonds is 0. The van der Waals surface area contributed by atoms with E-state index in [9.17, 15) is 4.79 Å². The van der Waals surface area contributed by atoms with Crippen molar-refractivity contribution in [1.82, 2.24) is 14.5 Å². The molecule has 2 aromatic heterocycles. The average molecular weight is 196 g/mol. The lowest BCUT2D eigenvalue weighted by atomic mass is 10.4. The minimum atomic E-state index is -0.192. The van der Waals surface area contributed by atoms with E-state index in [0.29, 0.717) is 16.3 Å². The van der Waals surface area contributed by atoms with Crippen LogP contribution in [0.1, 0.15) is 0 Å². The van der Waals surface area contributed by atoms with Gasteiger partial charge in [0.1, 0.15) is 10.7 Å². The molecule has 0 amide bonds. The molecule has 4 nitrogen and oxygen atoms in total. The molecule has 0 saturated carbocycles. The van der Waals surface area contributed by atoms with E-state index in [0.717, 1.165) is 0 Å². The lowest BCUT2D eigenvalue weighted by molar-refractivity contribution is 0.874. The molecule has 0 aliphatic carbocycles. The minimum Gasteiger partial charge on any atom is -0.293 e. The van der Waals surface area contributed by atoms with Gasteiger partial charge in [0.25, 0.3) is 5.56 Å². The van der Waals surface area contributed by atoms with Crippen LogP contribution in [-0.2, 0) is 7.05 Å². The fraction of sp³-hybridized carbons (Fsp3) is 0.125. The summed E-state index contributed by atoms with van der Waals surface area (Å²) in [4.78, 5) is 19.1. The molecule has 0 bridgehead atoms. The number of nitrogens with zero attached hydrogens (tertiary/aromatic N) is 3. The highest BCUT2D eigenvalue weighted by Crippen LogP contribution is 2.10. The zero-order valence-electron chi connectivity index (χ0n) is 6.86. The van der Waals surface area contributed by atoms with Crippen LogP contribution < -0.4 is 5.56 Å². The molecule has 5 heteroatoms. The van der Waals surface area contributed by atoms with E-state index >= 15 is 0 Å². The Morgan fingerprint density at radius 2 is 2.23 bits per heavy atom. The highest BCUT2D eigenvalue weighted by Gasteiger charge is 2.01. The fourth-order valence-electron chi connectivity index (χ4n) is 1.08. The first kappa shape index (κ1) is 8.19. The zero-order valence-corrected chi connectivity index (χ0v) is 7.62. The molecule has 2 aromatic rings. The molecule has 0 spiro atoms. The van der Waals surface area contributed by atoms with E-state index < -0.39 is 0 Å². The summed E-state index contributed by atoms with van der Waals surface area (Å²) >= 11 is 5.69. The number of hydrogen-bond donors (Lipinski definition) is 0.